The summed E-state index contributed by atoms with van der Waals surface area (Å²) >= 11 is 0. The third-order valence-electron chi connectivity index (χ3n) is 6.00. The highest BCUT2D eigenvalue weighted by Gasteiger charge is 2.29. The van der Waals surface area contributed by atoms with Gasteiger partial charge in [-0.05, 0) is 31.5 Å². The summed E-state index contributed by atoms with van der Waals surface area (Å²) in [7, 11) is 1.65. The monoisotopic (exact) mass is 366 g/mol. The van der Waals surface area contributed by atoms with Gasteiger partial charge in [0.25, 0.3) is 0 Å². The van der Waals surface area contributed by atoms with E-state index in [9.17, 15) is 0 Å². The minimum atomic E-state index is 0.442. The van der Waals surface area contributed by atoms with Gasteiger partial charge in [-0.15, -0.1) is 0 Å². The van der Waals surface area contributed by atoms with Crippen LogP contribution in [0.3, 0.4) is 0 Å². The highest BCUT2D eigenvalue weighted by Crippen LogP contribution is 2.28. The highest BCUT2D eigenvalue weighted by atomic mass is 16.5. The van der Waals surface area contributed by atoms with E-state index < -0.39 is 0 Å². The predicted octanol–water partition coefficient (Wildman–Crippen LogP) is 2.14. The number of anilines is 1. The largest absolute Gasteiger partial charge is 0.494 e. The van der Waals surface area contributed by atoms with Crippen molar-refractivity contribution in [1.29, 1.82) is 0 Å². The zero-order valence-corrected chi connectivity index (χ0v) is 15.8. The summed E-state index contributed by atoms with van der Waals surface area (Å²) in [6.45, 7) is 5.53. The van der Waals surface area contributed by atoms with Gasteiger partial charge in [-0.2, -0.15) is 0 Å². The number of methoxy groups -OCH3 is 1. The molecule has 2 aromatic heterocycles. The number of aromatic nitrogens is 3. The molecule has 2 fully saturated rings. The van der Waals surface area contributed by atoms with Crippen LogP contribution in [-0.4, -0.2) is 63.5 Å². The van der Waals surface area contributed by atoms with Crippen LogP contribution in [0.4, 0.5) is 5.95 Å². The zero-order chi connectivity index (χ0) is 18.4. The molecule has 142 valence electrons. The first-order valence-corrected chi connectivity index (χ1v) is 9.79. The number of piperazine rings is 1. The van der Waals surface area contributed by atoms with Gasteiger partial charge in [-0.25, -0.2) is 9.97 Å². The predicted molar refractivity (Wildman–Crippen MR) is 106 cm³/mol. The maximum Gasteiger partial charge on any atom is 0.206 e. The molecule has 0 saturated carbocycles. The zero-order valence-electron chi connectivity index (χ0n) is 15.8. The molecule has 3 aromatic rings. The van der Waals surface area contributed by atoms with Crippen molar-refractivity contribution in [2.24, 2.45) is 0 Å². The first-order valence-electron chi connectivity index (χ1n) is 9.79. The van der Waals surface area contributed by atoms with Crippen molar-refractivity contribution in [3.8, 4) is 5.75 Å². The number of piperidine rings is 1. The molecular weight excluding hydrogens is 340 g/mol. The third-order valence-corrected chi connectivity index (χ3v) is 6.00. The minimum absolute atomic E-state index is 0.442. The van der Waals surface area contributed by atoms with Gasteiger partial charge in [-0.3, -0.25) is 14.2 Å². The summed E-state index contributed by atoms with van der Waals surface area (Å²) in [6.07, 6.45) is 6.07. The molecule has 27 heavy (non-hydrogen) atoms. The minimum Gasteiger partial charge on any atom is -0.494 e. The van der Waals surface area contributed by atoms with E-state index >= 15 is 0 Å². The normalized spacial score (nSPS) is 21.6. The highest BCUT2D eigenvalue weighted by molar-refractivity contribution is 5.96. The second kappa shape index (κ2) is 6.65. The van der Waals surface area contributed by atoms with Gasteiger partial charge >= 0.3 is 0 Å². The summed E-state index contributed by atoms with van der Waals surface area (Å²) in [4.78, 5) is 14.6. The van der Waals surface area contributed by atoms with Gasteiger partial charge in [0.05, 0.1) is 12.8 Å². The molecule has 7 nitrogen and oxygen atoms in total. The van der Waals surface area contributed by atoms with Crippen molar-refractivity contribution in [3.63, 3.8) is 0 Å². The molecule has 5 rings (SSSR count). The lowest BCUT2D eigenvalue weighted by molar-refractivity contribution is 0.0452. The van der Waals surface area contributed by atoms with Crippen LogP contribution in [0, 0.1) is 0 Å². The number of para-hydroxylation sites is 1. The van der Waals surface area contributed by atoms with Gasteiger partial charge in [-0.1, -0.05) is 12.5 Å². The van der Waals surface area contributed by atoms with Crippen LogP contribution >= 0.6 is 0 Å². The van der Waals surface area contributed by atoms with Crippen molar-refractivity contribution in [3.05, 3.63) is 30.1 Å². The van der Waals surface area contributed by atoms with Gasteiger partial charge in [0.1, 0.15) is 16.9 Å². The molecule has 1 aromatic carbocycles. The van der Waals surface area contributed by atoms with Crippen LogP contribution in [0.5, 0.6) is 5.75 Å². The van der Waals surface area contributed by atoms with E-state index in [0.29, 0.717) is 12.0 Å². The Bertz CT molecular complexity index is 983. The lowest BCUT2D eigenvalue weighted by Crippen LogP contribution is -2.54. The SMILES string of the molecule is COc1cccc2c1nc(N)n1cc(CN3CCN4CCCCC4C3)nc21. The van der Waals surface area contributed by atoms with Gasteiger partial charge in [0, 0.05) is 43.8 Å². The fourth-order valence-electron chi connectivity index (χ4n) is 4.61. The lowest BCUT2D eigenvalue weighted by Gasteiger charge is -2.43. The van der Waals surface area contributed by atoms with E-state index in [-0.39, 0.29) is 0 Å². The van der Waals surface area contributed by atoms with Crippen molar-refractivity contribution < 1.29 is 4.74 Å². The Hall–Kier alpha value is -2.38. The van der Waals surface area contributed by atoms with Crippen LogP contribution in [-0.2, 0) is 6.54 Å². The molecule has 2 saturated heterocycles. The first kappa shape index (κ1) is 16.8. The molecule has 2 aliphatic heterocycles. The lowest BCUT2D eigenvalue weighted by atomic mass is 9.99. The average molecular weight is 366 g/mol. The molecule has 0 aliphatic carbocycles. The number of ether oxygens (including phenoxy) is 1. The van der Waals surface area contributed by atoms with Crippen molar-refractivity contribution in [2.75, 3.05) is 39.0 Å². The molecule has 7 heteroatoms. The molecule has 2 N–H and O–H groups in total. The summed E-state index contributed by atoms with van der Waals surface area (Å²) in [6, 6.07) is 6.60. The fourth-order valence-corrected chi connectivity index (χ4v) is 4.61. The quantitative estimate of drug-likeness (QED) is 0.766. The van der Waals surface area contributed by atoms with Gasteiger partial charge < -0.3 is 10.5 Å². The smallest absolute Gasteiger partial charge is 0.206 e. The molecule has 4 heterocycles. The molecule has 1 unspecified atom stereocenters. The number of fused-ring (bicyclic) bond motifs is 4. The number of nitrogen functional groups attached to an aromatic ring is 1. The van der Waals surface area contributed by atoms with E-state index in [1.54, 1.807) is 7.11 Å². The van der Waals surface area contributed by atoms with Crippen LogP contribution in [0.15, 0.2) is 24.4 Å². The van der Waals surface area contributed by atoms with Crippen LogP contribution < -0.4 is 10.5 Å². The Labute approximate surface area is 158 Å². The topological polar surface area (TPSA) is 71.9 Å². The maximum atomic E-state index is 6.22. The van der Waals surface area contributed by atoms with Crippen molar-refractivity contribution in [2.45, 2.75) is 31.8 Å². The van der Waals surface area contributed by atoms with E-state index in [4.69, 9.17) is 15.5 Å². The Morgan fingerprint density at radius 1 is 1.19 bits per heavy atom. The number of imidazole rings is 1. The number of benzene rings is 1. The Morgan fingerprint density at radius 2 is 2.11 bits per heavy atom. The number of rotatable bonds is 3. The second-order valence-electron chi connectivity index (χ2n) is 7.67. The maximum absolute atomic E-state index is 6.22. The number of nitrogens with two attached hydrogens (primary N) is 1. The standard InChI is InChI=1S/C20H26N6O/c1-27-17-7-4-6-16-18(17)23-20(21)26-12-14(22-19(16)26)11-24-9-10-25-8-3-2-5-15(25)13-24/h4,6-7,12,15H,2-3,5,8-11,13H2,1H3,(H2,21,23). The Balaban J connectivity index is 1.46. The average Bonchev–Trinajstić information content (AvgIpc) is 3.12. The summed E-state index contributed by atoms with van der Waals surface area (Å²) in [5, 5.41) is 0.965. The molecular formula is C20H26N6O. The van der Waals surface area contributed by atoms with E-state index in [1.807, 2.05) is 28.8 Å². The van der Waals surface area contributed by atoms with Crippen molar-refractivity contribution >= 4 is 22.5 Å². The van der Waals surface area contributed by atoms with E-state index in [2.05, 4.69) is 14.8 Å². The van der Waals surface area contributed by atoms with E-state index in [0.717, 1.165) is 47.6 Å². The van der Waals surface area contributed by atoms with Gasteiger partial charge in [0.15, 0.2) is 0 Å². The summed E-state index contributed by atoms with van der Waals surface area (Å²) in [5.74, 6) is 1.16. The van der Waals surface area contributed by atoms with Crippen LogP contribution in [0.25, 0.3) is 16.6 Å². The molecule has 1 atom stereocenters. The van der Waals surface area contributed by atoms with Crippen molar-refractivity contribution in [1.82, 2.24) is 24.2 Å². The molecule has 0 bridgehead atoms. The number of nitrogens with zero attached hydrogens (tertiary/aromatic N) is 5. The van der Waals surface area contributed by atoms with Crippen LogP contribution in [0.2, 0.25) is 0 Å². The first-order chi connectivity index (χ1) is 13.2. The number of hydrogen-bond donors (Lipinski definition) is 1. The summed E-state index contributed by atoms with van der Waals surface area (Å²) < 4.78 is 7.34. The Kier molecular flexibility index (Phi) is 4.13. The van der Waals surface area contributed by atoms with E-state index in [1.165, 1.54) is 32.4 Å². The fraction of sp³-hybridized carbons (Fsp3) is 0.500. The third kappa shape index (κ3) is 2.91. The second-order valence-corrected chi connectivity index (χ2v) is 7.67. The molecule has 0 spiro atoms. The van der Waals surface area contributed by atoms with Gasteiger partial charge in [0.2, 0.25) is 5.95 Å². The summed E-state index contributed by atoms with van der Waals surface area (Å²) in [5.41, 5.74) is 8.87. The van der Waals surface area contributed by atoms with Crippen LogP contribution in [0.1, 0.15) is 25.0 Å². The Morgan fingerprint density at radius 3 is 3.00 bits per heavy atom. The number of hydrogen-bond acceptors (Lipinski definition) is 6. The molecule has 0 amide bonds. The molecule has 0 radical (unpaired) electrons. The molecule has 2 aliphatic rings.